The van der Waals surface area contributed by atoms with Crippen molar-refractivity contribution in [1.29, 1.82) is 0 Å². The summed E-state index contributed by atoms with van der Waals surface area (Å²) >= 11 is 0. The third-order valence-corrected chi connectivity index (χ3v) is 0. The first-order valence-electron chi connectivity index (χ1n) is 5.26. The van der Waals surface area contributed by atoms with Crippen LogP contribution in [0.4, 0.5) is 0 Å². The van der Waals surface area contributed by atoms with Gasteiger partial charge >= 0.3 is 0 Å². The first kappa shape index (κ1) is 115. The summed E-state index contributed by atoms with van der Waals surface area (Å²) < 4.78 is 0. The minimum absolute atomic E-state index is 0. The number of carbonyl (C=O) groups excluding carboxylic acids is 4. The van der Waals surface area contributed by atoms with Crippen LogP contribution < -0.4 is 5.32 Å². The average molecular weight is 1180 g/mol. The van der Waals surface area contributed by atoms with Gasteiger partial charge in [0.15, 0.2) is 0 Å². The molecule has 0 heterocycles. The molecule has 0 aromatic heterocycles. The molecule has 0 fully saturated rings. The van der Waals surface area contributed by atoms with E-state index >= 15 is 0 Å². The Kier molecular flexibility index (Phi) is 606. The van der Waals surface area contributed by atoms with Crippen LogP contribution in [0.25, 0.3) is 0 Å². The third kappa shape index (κ3) is 544. The second-order valence-corrected chi connectivity index (χ2v) is 2.72. The van der Waals surface area contributed by atoms with Crippen LogP contribution in [-0.2, 0) is 346 Å². The van der Waals surface area contributed by atoms with E-state index in [1.165, 1.54) is 54.1 Å². The maximum atomic E-state index is 9.44. The van der Waals surface area contributed by atoms with Crippen LogP contribution in [-0.4, -0.2) is 50.5 Å². The number of nitrogens with one attached hydrogen (secondary N) is 1. The number of aliphatic hydroxyl groups excluding tert-OH is 1. The van der Waals surface area contributed by atoms with Gasteiger partial charge in [-0.15, -0.1) is 0 Å². The molecule has 0 bridgehead atoms. The summed E-state index contributed by atoms with van der Waals surface area (Å²) in [5.41, 5.74) is 0. The zero-order valence-electron chi connectivity index (χ0n) is 19.4. The van der Waals surface area contributed by atoms with Crippen molar-refractivity contribution >= 4 is 24.1 Å². The second-order valence-electron chi connectivity index (χ2n) is 2.72. The van der Waals surface area contributed by atoms with Crippen LogP contribution in [0.3, 0.4) is 0 Å². The number of Topliss-reactive ketones (excluding diaryl/α,β-unsaturated/α-hetero) is 2. The molecule has 0 aliphatic heterocycles. The molecule has 16 heteroatoms. The molecule has 6 nitrogen and oxygen atoms in total. The molecule has 0 atom stereocenters. The third-order valence-electron chi connectivity index (χ3n) is 0. The fraction of sp³-hybridized carbons (Fsp3) is 0.714. The molecule has 0 saturated heterocycles. The fourth-order valence-electron chi connectivity index (χ4n) is 0. The summed E-state index contributed by atoms with van der Waals surface area (Å²) in [5, 5.41) is 9.75. The topological polar surface area (TPSA) is 101 Å². The van der Waals surface area contributed by atoms with Crippen LogP contribution in [0.5, 0.6) is 0 Å². The van der Waals surface area contributed by atoms with Crippen molar-refractivity contribution in [3.05, 3.63) is 0 Å². The van der Waals surface area contributed by atoms with Gasteiger partial charge in [0, 0.05) is 334 Å². The van der Waals surface area contributed by atoms with Crippen molar-refractivity contribution in [2.45, 2.75) is 49.0 Å². The largest absolute Gasteiger partial charge is 0.542 e. The minimum Gasteiger partial charge on any atom is -0.542 e. The Labute approximate surface area is 438 Å². The smallest absolute Gasteiger partial charge is 0.126 e. The Morgan fingerprint density at radius 1 is 0.567 bits per heavy atom. The van der Waals surface area contributed by atoms with Gasteiger partial charge in [0.25, 0.3) is 0 Å². The summed E-state index contributed by atoms with van der Waals surface area (Å²) in [7, 11) is 4.75. The maximum Gasteiger partial charge on any atom is 0.126 e. The van der Waals surface area contributed by atoms with E-state index in [4.69, 9.17) is 14.7 Å². The summed E-state index contributed by atoms with van der Waals surface area (Å²) in [6.45, 7) is 8.75. The first-order valence-corrected chi connectivity index (χ1v) is 5.26. The molecule has 0 unspecified atom stereocenters. The van der Waals surface area contributed by atoms with E-state index in [9.17, 15) is 9.59 Å². The number of aliphatic hydroxyl groups is 1. The predicted molar refractivity (Wildman–Crippen MR) is 85.3 cm³/mol. The van der Waals surface area contributed by atoms with Gasteiger partial charge in [-0.05, 0) is 41.8 Å². The summed E-state index contributed by atoms with van der Waals surface area (Å²) in [6.07, 6.45) is 3.00. The minimum atomic E-state index is 0. The second kappa shape index (κ2) is 158. The van der Waals surface area contributed by atoms with Crippen LogP contribution in [0.1, 0.15) is 49.0 Å². The fourth-order valence-corrected chi connectivity index (χ4v) is 0. The van der Waals surface area contributed by atoms with Crippen molar-refractivity contribution in [3.8, 4) is 0 Å². The van der Waals surface area contributed by atoms with Crippen LogP contribution >= 0.6 is 0 Å². The quantitative estimate of drug-likeness (QED) is 0.358. The maximum absolute atomic E-state index is 9.44. The Bertz CT molecular complexity index is 172. The molecular weight excluding hydrogens is 1150 g/mol. The molecule has 2 N–H and O–H groups in total. The summed E-state index contributed by atoms with van der Waals surface area (Å²) in [6, 6.07) is 0. The van der Waals surface area contributed by atoms with Crippen LogP contribution in [0, 0.1) is 0 Å². The Morgan fingerprint density at radius 3 is 0.567 bits per heavy atom. The van der Waals surface area contributed by atoms with E-state index in [1.807, 2.05) is 14.1 Å². The number of carbonyl (C=O) groups is 2. The van der Waals surface area contributed by atoms with Gasteiger partial charge in [-0.1, -0.05) is 7.43 Å². The van der Waals surface area contributed by atoms with Crippen LogP contribution in [0.2, 0.25) is 0 Å². The monoisotopic (exact) mass is 1180 g/mol. The van der Waals surface area contributed by atoms with E-state index in [0.717, 1.165) is 7.11 Å². The van der Waals surface area contributed by atoms with Crippen molar-refractivity contribution in [1.82, 2.24) is 5.32 Å². The van der Waals surface area contributed by atoms with E-state index in [0.29, 0.717) is 0 Å². The number of hydrogen-bond donors (Lipinski definition) is 2. The standard InChI is InChI=1S/2C3H6O.C2H7N.2C2H3O.CH4O.CH4.10Y/c2*1-3(2)4;1-3-2;2*1-2-3;1-2;;;;;;;;;;;/h2*1-2H3;3H,1-2H3;2*1H3;2H,1H3;1H4;;;;;;;;;;/q;;;2*-1;;;;;;;;;;;;. The number of hydrogen-bond acceptors (Lipinski definition) is 6. The van der Waals surface area contributed by atoms with Gasteiger partial charge < -0.3 is 29.6 Å². The Morgan fingerprint density at radius 2 is 0.567 bits per heavy atom. The predicted octanol–water partition coefficient (Wildman–Crippen LogP) is 1.48. The van der Waals surface area contributed by atoms with Crippen molar-refractivity contribution in [2.24, 2.45) is 0 Å². The van der Waals surface area contributed by atoms with E-state index in [2.05, 4.69) is 5.32 Å². The molecular formula is C14H33NO5Y10-2. The van der Waals surface area contributed by atoms with Gasteiger partial charge in [0.1, 0.15) is 11.6 Å². The molecule has 156 valence electrons. The zero-order valence-corrected chi connectivity index (χ0v) is 47.7. The molecule has 0 aliphatic carbocycles. The molecule has 0 aromatic rings. The SMILES string of the molecule is C.CC(C)=O.CC(C)=O.CNC.CO.C[C-]=O.C[C-]=O.[Y].[Y].[Y].[Y].[Y].[Y].[Y].[Y].[Y].[Y]. The van der Waals surface area contributed by atoms with Gasteiger partial charge in [0.2, 0.25) is 0 Å². The normalized spacial score (nSPS) is 3.40. The van der Waals surface area contributed by atoms with Gasteiger partial charge in [-0.25, -0.2) is 0 Å². The summed E-state index contributed by atoms with van der Waals surface area (Å²) in [4.78, 5) is 36.2. The first-order chi connectivity index (χ1) is 8.71. The molecule has 0 rings (SSSR count). The van der Waals surface area contributed by atoms with E-state index in [-0.39, 0.29) is 346 Å². The number of ketones is 2. The van der Waals surface area contributed by atoms with Gasteiger partial charge in [-0.3, -0.25) is 12.6 Å². The number of rotatable bonds is 0. The molecule has 10 radical (unpaired) electrons. The van der Waals surface area contributed by atoms with Crippen molar-refractivity contribution < 1.29 is 351 Å². The Balaban J connectivity index is -0.00000000424. The van der Waals surface area contributed by atoms with Crippen LogP contribution in [0.15, 0.2) is 0 Å². The van der Waals surface area contributed by atoms with Gasteiger partial charge in [0.05, 0.1) is 0 Å². The van der Waals surface area contributed by atoms with Gasteiger partial charge in [-0.2, -0.15) is 13.8 Å². The summed E-state index contributed by atoms with van der Waals surface area (Å²) in [5.74, 6) is 0.333. The van der Waals surface area contributed by atoms with E-state index in [1.54, 1.807) is 0 Å². The molecule has 0 aromatic carbocycles. The Hall–Kier alpha value is 9.64. The zero-order chi connectivity index (χ0) is 17.3. The average Bonchev–Trinajstić information content (AvgIpc) is 2.21. The molecule has 30 heavy (non-hydrogen) atoms. The molecule has 0 saturated carbocycles. The van der Waals surface area contributed by atoms with Crippen molar-refractivity contribution in [2.75, 3.05) is 21.2 Å². The molecule has 0 aliphatic rings. The molecule has 0 spiro atoms. The van der Waals surface area contributed by atoms with E-state index < -0.39 is 0 Å². The van der Waals surface area contributed by atoms with Crippen molar-refractivity contribution in [3.63, 3.8) is 0 Å². The molecule has 0 amide bonds.